The second-order valence-electron chi connectivity index (χ2n) is 5.53. The van der Waals surface area contributed by atoms with Crippen LogP contribution in [0.3, 0.4) is 0 Å². The number of benzene rings is 2. The van der Waals surface area contributed by atoms with Crippen LogP contribution in [0.2, 0.25) is 0 Å². The smallest absolute Gasteiger partial charge is 0.279 e. The number of rotatable bonds is 2. The van der Waals surface area contributed by atoms with E-state index < -0.39 is 5.91 Å². The van der Waals surface area contributed by atoms with Gasteiger partial charge in [-0.1, -0.05) is 23.3 Å². The number of carbonyl (C=O) groups is 1. The first-order valence-electron chi connectivity index (χ1n) is 7.38. The molecule has 0 aliphatic carbocycles. The van der Waals surface area contributed by atoms with Crippen molar-refractivity contribution in [3.05, 3.63) is 63.7 Å². The lowest BCUT2D eigenvalue weighted by molar-refractivity contribution is 0.0998. The van der Waals surface area contributed by atoms with Crippen LogP contribution in [-0.4, -0.2) is 10.5 Å². The highest BCUT2D eigenvalue weighted by Crippen LogP contribution is 2.23. The Morgan fingerprint density at radius 2 is 2.00 bits per heavy atom. The van der Waals surface area contributed by atoms with Gasteiger partial charge < -0.3 is 4.57 Å². The largest absolute Gasteiger partial charge is 0.304 e. The zero-order chi connectivity index (χ0) is 17.3. The molecule has 3 aromatic rings. The quantitative estimate of drug-likeness (QED) is 0.654. The predicted molar refractivity (Wildman–Crippen MR) is 94.4 cm³/mol. The molecule has 24 heavy (non-hydrogen) atoms. The van der Waals surface area contributed by atoms with Crippen molar-refractivity contribution in [2.45, 2.75) is 20.4 Å². The molecule has 1 aromatic heterocycles. The molecule has 120 valence electrons. The highest BCUT2D eigenvalue weighted by atomic mass is 32.1. The van der Waals surface area contributed by atoms with E-state index >= 15 is 0 Å². The molecule has 0 unspecified atom stereocenters. The molecule has 0 saturated heterocycles. The molecule has 1 heterocycles. The van der Waals surface area contributed by atoms with E-state index in [9.17, 15) is 9.18 Å². The number of aryl methyl sites for hydroxylation is 2. The van der Waals surface area contributed by atoms with Gasteiger partial charge in [-0.3, -0.25) is 4.79 Å². The second kappa shape index (κ2) is 6.42. The highest BCUT2D eigenvalue weighted by molar-refractivity contribution is 7.16. The third-order valence-corrected chi connectivity index (χ3v) is 4.68. The average Bonchev–Trinajstić information content (AvgIpc) is 2.85. The molecule has 0 fully saturated rings. The average molecular weight is 338 g/mol. The summed E-state index contributed by atoms with van der Waals surface area (Å²) in [6, 6.07) is 9.48. The zero-order valence-electron chi connectivity index (χ0n) is 13.3. The van der Waals surface area contributed by atoms with E-state index in [2.05, 4.69) is 23.0 Å². The Morgan fingerprint density at radius 1 is 1.29 bits per heavy atom. The van der Waals surface area contributed by atoms with Crippen molar-refractivity contribution in [3.8, 4) is 12.3 Å². The summed E-state index contributed by atoms with van der Waals surface area (Å²) in [5, 5.41) is 0. The molecule has 0 saturated carbocycles. The van der Waals surface area contributed by atoms with Crippen molar-refractivity contribution in [3.63, 3.8) is 0 Å². The molecular weight excluding hydrogens is 323 g/mol. The normalized spacial score (nSPS) is 11.7. The fourth-order valence-electron chi connectivity index (χ4n) is 2.66. The third kappa shape index (κ3) is 3.01. The SMILES string of the molecule is C#CCn1c(=NC(=O)c2ccc(F)cc2)sc2cc(C)cc(C)c21. The van der Waals surface area contributed by atoms with E-state index in [4.69, 9.17) is 6.42 Å². The van der Waals surface area contributed by atoms with E-state index in [0.717, 1.165) is 21.3 Å². The Balaban J connectivity index is 2.19. The third-order valence-electron chi connectivity index (χ3n) is 3.65. The summed E-state index contributed by atoms with van der Waals surface area (Å²) in [5.41, 5.74) is 3.57. The number of fused-ring (bicyclic) bond motifs is 1. The van der Waals surface area contributed by atoms with Gasteiger partial charge in [0.05, 0.1) is 16.8 Å². The predicted octanol–water partition coefficient (Wildman–Crippen LogP) is 3.83. The summed E-state index contributed by atoms with van der Waals surface area (Å²) in [7, 11) is 0. The van der Waals surface area contributed by atoms with E-state index in [-0.39, 0.29) is 5.82 Å². The first-order chi connectivity index (χ1) is 11.5. The molecular formula is C19H15FN2OS. The molecule has 1 amide bonds. The van der Waals surface area contributed by atoms with Crippen molar-refractivity contribution >= 4 is 27.5 Å². The number of amides is 1. The second-order valence-corrected chi connectivity index (χ2v) is 6.54. The molecule has 0 bridgehead atoms. The highest BCUT2D eigenvalue weighted by Gasteiger charge is 2.11. The van der Waals surface area contributed by atoms with Crippen LogP contribution in [-0.2, 0) is 6.54 Å². The number of thiazole rings is 1. The number of nitrogens with zero attached hydrogens (tertiary/aromatic N) is 2. The molecule has 3 rings (SSSR count). The monoisotopic (exact) mass is 338 g/mol. The maximum atomic E-state index is 13.0. The molecule has 0 N–H and O–H groups in total. The number of carbonyl (C=O) groups excluding carboxylic acids is 1. The lowest BCUT2D eigenvalue weighted by atomic mass is 10.1. The summed E-state index contributed by atoms with van der Waals surface area (Å²) in [6.45, 7) is 4.37. The van der Waals surface area contributed by atoms with Gasteiger partial charge >= 0.3 is 0 Å². The maximum absolute atomic E-state index is 13.0. The van der Waals surface area contributed by atoms with Gasteiger partial charge in [-0.2, -0.15) is 4.99 Å². The Kier molecular flexibility index (Phi) is 4.32. The molecule has 2 aromatic carbocycles. The zero-order valence-corrected chi connectivity index (χ0v) is 14.2. The van der Waals surface area contributed by atoms with Crippen LogP contribution in [0.4, 0.5) is 4.39 Å². The summed E-state index contributed by atoms with van der Waals surface area (Å²) < 4.78 is 15.9. The van der Waals surface area contributed by atoms with Gasteiger partial charge in [-0.25, -0.2) is 4.39 Å². The van der Waals surface area contributed by atoms with Crippen LogP contribution >= 0.6 is 11.3 Å². The van der Waals surface area contributed by atoms with Crippen molar-refractivity contribution in [1.82, 2.24) is 4.57 Å². The van der Waals surface area contributed by atoms with Crippen molar-refractivity contribution in [2.24, 2.45) is 4.99 Å². The first-order valence-corrected chi connectivity index (χ1v) is 8.20. The van der Waals surface area contributed by atoms with E-state index in [1.165, 1.54) is 35.6 Å². The standard InChI is InChI=1S/C19H15FN2OS/c1-4-9-22-17-13(3)10-12(2)11-16(17)24-19(22)21-18(23)14-5-7-15(20)8-6-14/h1,5-8,10-11H,9H2,2-3H3. The van der Waals surface area contributed by atoms with Gasteiger partial charge in [0.2, 0.25) is 0 Å². The topological polar surface area (TPSA) is 34.4 Å². The van der Waals surface area contributed by atoms with Gasteiger partial charge in [-0.15, -0.1) is 6.42 Å². The van der Waals surface area contributed by atoms with Crippen LogP contribution in [0, 0.1) is 32.0 Å². The Hall–Kier alpha value is -2.71. The van der Waals surface area contributed by atoms with Crippen LogP contribution in [0.25, 0.3) is 10.2 Å². The van der Waals surface area contributed by atoms with Gasteiger partial charge in [-0.05, 0) is 55.3 Å². The molecule has 0 aliphatic heterocycles. The minimum atomic E-state index is -0.415. The summed E-state index contributed by atoms with van der Waals surface area (Å²) in [5.74, 6) is 1.81. The van der Waals surface area contributed by atoms with E-state index in [1.807, 2.05) is 18.4 Å². The summed E-state index contributed by atoms with van der Waals surface area (Å²) >= 11 is 1.42. The van der Waals surface area contributed by atoms with Crippen LogP contribution in [0.5, 0.6) is 0 Å². The lowest BCUT2D eigenvalue weighted by Crippen LogP contribution is -2.17. The number of halogens is 1. The van der Waals surface area contributed by atoms with Gasteiger partial charge in [0.25, 0.3) is 5.91 Å². The van der Waals surface area contributed by atoms with Crippen LogP contribution < -0.4 is 4.80 Å². The van der Waals surface area contributed by atoms with E-state index in [0.29, 0.717) is 16.9 Å². The molecule has 0 aliphatic rings. The number of hydrogen-bond donors (Lipinski definition) is 0. The number of terminal acetylenes is 1. The van der Waals surface area contributed by atoms with Crippen molar-refractivity contribution < 1.29 is 9.18 Å². The maximum Gasteiger partial charge on any atom is 0.279 e. The fraction of sp³-hybridized carbons (Fsp3) is 0.158. The van der Waals surface area contributed by atoms with Crippen LogP contribution in [0.15, 0.2) is 41.4 Å². The number of aromatic nitrogens is 1. The Bertz CT molecular complexity index is 1040. The Morgan fingerprint density at radius 3 is 2.67 bits per heavy atom. The minimum absolute atomic E-state index is 0.333. The van der Waals surface area contributed by atoms with Gasteiger partial charge in [0, 0.05) is 5.56 Å². The fourth-order valence-corrected chi connectivity index (χ4v) is 3.86. The molecule has 5 heteroatoms. The van der Waals surface area contributed by atoms with Crippen molar-refractivity contribution in [1.29, 1.82) is 0 Å². The summed E-state index contributed by atoms with van der Waals surface area (Å²) in [6.07, 6.45) is 5.48. The van der Waals surface area contributed by atoms with E-state index in [1.54, 1.807) is 0 Å². The molecule has 0 radical (unpaired) electrons. The lowest BCUT2D eigenvalue weighted by Gasteiger charge is -2.04. The molecule has 0 spiro atoms. The van der Waals surface area contributed by atoms with Gasteiger partial charge in [0.15, 0.2) is 4.80 Å². The van der Waals surface area contributed by atoms with Crippen molar-refractivity contribution in [2.75, 3.05) is 0 Å². The van der Waals surface area contributed by atoms with Gasteiger partial charge in [0.1, 0.15) is 5.82 Å². The summed E-state index contributed by atoms with van der Waals surface area (Å²) in [4.78, 5) is 17.1. The first kappa shape index (κ1) is 16.2. The molecule has 3 nitrogen and oxygen atoms in total. The Labute approximate surface area is 143 Å². The minimum Gasteiger partial charge on any atom is -0.304 e. The molecule has 0 atom stereocenters. The van der Waals surface area contributed by atoms with Crippen LogP contribution in [0.1, 0.15) is 21.5 Å². The number of hydrogen-bond acceptors (Lipinski definition) is 2.